The van der Waals surface area contributed by atoms with Gasteiger partial charge in [0.15, 0.2) is 0 Å². The molecule has 0 aliphatic rings. The zero-order chi connectivity index (χ0) is 13.5. The zero-order valence-corrected chi connectivity index (χ0v) is 11.2. The first-order valence-electron chi connectivity index (χ1n) is 5.99. The van der Waals surface area contributed by atoms with Gasteiger partial charge in [0.2, 0.25) is 5.95 Å². The molecular weight excluding hydrogens is 232 g/mol. The maximum absolute atomic E-state index is 11.6. The van der Waals surface area contributed by atoms with Gasteiger partial charge in [-0.2, -0.15) is 4.98 Å². The summed E-state index contributed by atoms with van der Waals surface area (Å²) in [5.41, 5.74) is 0. The first-order chi connectivity index (χ1) is 8.58. The van der Waals surface area contributed by atoms with E-state index in [1.807, 2.05) is 20.8 Å². The van der Waals surface area contributed by atoms with Crippen LogP contribution in [0.5, 0.6) is 0 Å². The van der Waals surface area contributed by atoms with Crippen LogP contribution in [0.25, 0.3) is 0 Å². The Labute approximate surface area is 107 Å². The Morgan fingerprint density at radius 1 is 1.50 bits per heavy atom. The Morgan fingerprint density at radius 3 is 2.78 bits per heavy atom. The number of ether oxygens (including phenoxy) is 1. The third-order valence-corrected chi connectivity index (χ3v) is 2.42. The molecule has 1 rings (SSSR count). The van der Waals surface area contributed by atoms with Gasteiger partial charge in [0, 0.05) is 12.7 Å². The minimum atomic E-state index is -0.417. The van der Waals surface area contributed by atoms with Crippen LogP contribution in [0.1, 0.15) is 20.8 Å². The van der Waals surface area contributed by atoms with E-state index in [9.17, 15) is 4.79 Å². The summed E-state index contributed by atoms with van der Waals surface area (Å²) in [6.45, 7) is 6.60. The highest BCUT2D eigenvalue weighted by Crippen LogP contribution is 2.12. The second-order valence-corrected chi connectivity index (χ2v) is 4.19. The van der Waals surface area contributed by atoms with Crippen LogP contribution >= 0.6 is 0 Å². The Morgan fingerprint density at radius 2 is 2.22 bits per heavy atom. The van der Waals surface area contributed by atoms with Crippen molar-refractivity contribution >= 4 is 17.7 Å². The molecular formula is C12H20N4O2. The Kier molecular flexibility index (Phi) is 5.35. The van der Waals surface area contributed by atoms with E-state index in [1.165, 1.54) is 7.11 Å². The molecule has 1 heterocycles. The quantitative estimate of drug-likeness (QED) is 0.747. The number of aromatic nitrogens is 2. The molecule has 0 saturated heterocycles. The standard InChI is InChI=1S/C12H20N4O2/c1-5-13-12-14-7-6-9(16-12)15-10(8(2)3)11(17)18-4/h6-8,10H,5H2,1-4H3,(H2,13,14,15,16). The van der Waals surface area contributed by atoms with Gasteiger partial charge in [-0.25, -0.2) is 9.78 Å². The van der Waals surface area contributed by atoms with Crippen LogP contribution in [0.3, 0.4) is 0 Å². The third kappa shape index (κ3) is 3.87. The summed E-state index contributed by atoms with van der Waals surface area (Å²) in [5.74, 6) is 0.948. The molecule has 18 heavy (non-hydrogen) atoms. The predicted molar refractivity (Wildman–Crippen MR) is 70.5 cm³/mol. The van der Waals surface area contributed by atoms with E-state index in [1.54, 1.807) is 12.3 Å². The summed E-state index contributed by atoms with van der Waals surface area (Å²) in [6, 6.07) is 1.30. The van der Waals surface area contributed by atoms with Gasteiger partial charge in [-0.1, -0.05) is 13.8 Å². The number of rotatable bonds is 6. The van der Waals surface area contributed by atoms with Crippen molar-refractivity contribution in [3.63, 3.8) is 0 Å². The summed E-state index contributed by atoms with van der Waals surface area (Å²) in [4.78, 5) is 20.0. The lowest BCUT2D eigenvalue weighted by molar-refractivity contribution is -0.142. The van der Waals surface area contributed by atoms with Gasteiger partial charge >= 0.3 is 5.97 Å². The molecule has 0 aliphatic carbocycles. The number of esters is 1. The smallest absolute Gasteiger partial charge is 0.328 e. The van der Waals surface area contributed by atoms with Gasteiger partial charge < -0.3 is 15.4 Å². The molecule has 1 aromatic rings. The number of methoxy groups -OCH3 is 1. The number of hydrogen-bond donors (Lipinski definition) is 2. The third-order valence-electron chi connectivity index (χ3n) is 2.42. The van der Waals surface area contributed by atoms with Crippen LogP contribution < -0.4 is 10.6 Å². The van der Waals surface area contributed by atoms with Crippen molar-refractivity contribution in [1.82, 2.24) is 9.97 Å². The summed E-state index contributed by atoms with van der Waals surface area (Å²) >= 11 is 0. The molecule has 2 N–H and O–H groups in total. The number of carbonyl (C=O) groups excluding carboxylic acids is 1. The second kappa shape index (κ2) is 6.78. The van der Waals surface area contributed by atoms with Crippen molar-refractivity contribution in [2.45, 2.75) is 26.8 Å². The molecule has 0 spiro atoms. The monoisotopic (exact) mass is 252 g/mol. The fraction of sp³-hybridized carbons (Fsp3) is 0.583. The molecule has 6 heteroatoms. The maximum atomic E-state index is 11.6. The first kappa shape index (κ1) is 14.2. The number of anilines is 2. The SMILES string of the molecule is CCNc1nccc(NC(C(=O)OC)C(C)C)n1. The lowest BCUT2D eigenvalue weighted by atomic mass is 10.0. The molecule has 0 aromatic carbocycles. The van der Waals surface area contributed by atoms with Crippen molar-refractivity contribution < 1.29 is 9.53 Å². The summed E-state index contributed by atoms with van der Waals surface area (Å²) < 4.78 is 4.76. The normalized spacial score (nSPS) is 12.1. The maximum Gasteiger partial charge on any atom is 0.328 e. The molecule has 1 unspecified atom stereocenters. The summed E-state index contributed by atoms with van der Waals surface area (Å²) in [5, 5.41) is 6.08. The van der Waals surface area contributed by atoms with Gasteiger partial charge in [-0.15, -0.1) is 0 Å². The minimum absolute atomic E-state index is 0.106. The van der Waals surface area contributed by atoms with Crippen LogP contribution in [0.2, 0.25) is 0 Å². The molecule has 0 aliphatic heterocycles. The molecule has 0 fully saturated rings. The fourth-order valence-electron chi connectivity index (χ4n) is 1.47. The topological polar surface area (TPSA) is 76.1 Å². The molecule has 0 amide bonds. The lowest BCUT2D eigenvalue weighted by Crippen LogP contribution is -2.35. The highest BCUT2D eigenvalue weighted by atomic mass is 16.5. The Hall–Kier alpha value is -1.85. The van der Waals surface area contributed by atoms with E-state index in [2.05, 4.69) is 20.6 Å². The number of nitrogens with zero attached hydrogens (tertiary/aromatic N) is 2. The number of nitrogens with one attached hydrogen (secondary N) is 2. The van der Waals surface area contributed by atoms with Gasteiger partial charge in [-0.3, -0.25) is 0 Å². The second-order valence-electron chi connectivity index (χ2n) is 4.19. The van der Waals surface area contributed by atoms with Crippen LogP contribution in [-0.4, -0.2) is 35.6 Å². The average Bonchev–Trinajstić information content (AvgIpc) is 2.35. The summed E-state index contributed by atoms with van der Waals surface area (Å²) in [6.07, 6.45) is 1.64. The Bertz CT molecular complexity index is 395. The highest BCUT2D eigenvalue weighted by molar-refractivity contribution is 5.79. The van der Waals surface area contributed by atoms with Crippen molar-refractivity contribution in [2.75, 3.05) is 24.3 Å². The van der Waals surface area contributed by atoms with E-state index in [0.717, 1.165) is 6.54 Å². The van der Waals surface area contributed by atoms with Gasteiger partial charge in [0.25, 0.3) is 0 Å². The molecule has 1 aromatic heterocycles. The minimum Gasteiger partial charge on any atom is -0.467 e. The van der Waals surface area contributed by atoms with E-state index in [-0.39, 0.29) is 11.9 Å². The molecule has 0 saturated carbocycles. The highest BCUT2D eigenvalue weighted by Gasteiger charge is 2.23. The number of hydrogen-bond acceptors (Lipinski definition) is 6. The largest absolute Gasteiger partial charge is 0.467 e. The van der Waals surface area contributed by atoms with Crippen LogP contribution in [0, 0.1) is 5.92 Å². The van der Waals surface area contributed by atoms with E-state index in [0.29, 0.717) is 11.8 Å². The van der Waals surface area contributed by atoms with Crippen LogP contribution in [0.4, 0.5) is 11.8 Å². The number of carbonyl (C=O) groups is 1. The molecule has 100 valence electrons. The van der Waals surface area contributed by atoms with Gasteiger partial charge in [0.05, 0.1) is 7.11 Å². The first-order valence-corrected chi connectivity index (χ1v) is 5.99. The van der Waals surface area contributed by atoms with Crippen LogP contribution in [-0.2, 0) is 9.53 Å². The fourth-order valence-corrected chi connectivity index (χ4v) is 1.47. The van der Waals surface area contributed by atoms with Gasteiger partial charge in [0.1, 0.15) is 11.9 Å². The van der Waals surface area contributed by atoms with E-state index in [4.69, 9.17) is 4.74 Å². The summed E-state index contributed by atoms with van der Waals surface area (Å²) in [7, 11) is 1.38. The van der Waals surface area contributed by atoms with E-state index >= 15 is 0 Å². The van der Waals surface area contributed by atoms with Crippen molar-refractivity contribution in [2.24, 2.45) is 5.92 Å². The molecule has 0 bridgehead atoms. The molecule has 6 nitrogen and oxygen atoms in total. The average molecular weight is 252 g/mol. The zero-order valence-electron chi connectivity index (χ0n) is 11.2. The van der Waals surface area contributed by atoms with Gasteiger partial charge in [-0.05, 0) is 18.9 Å². The van der Waals surface area contributed by atoms with Crippen molar-refractivity contribution in [3.8, 4) is 0 Å². The van der Waals surface area contributed by atoms with E-state index < -0.39 is 6.04 Å². The van der Waals surface area contributed by atoms with Crippen molar-refractivity contribution in [3.05, 3.63) is 12.3 Å². The lowest BCUT2D eigenvalue weighted by Gasteiger charge is -2.20. The van der Waals surface area contributed by atoms with Crippen LogP contribution in [0.15, 0.2) is 12.3 Å². The van der Waals surface area contributed by atoms with Crippen molar-refractivity contribution in [1.29, 1.82) is 0 Å². The molecule has 1 atom stereocenters. The Balaban J connectivity index is 2.80. The predicted octanol–water partition coefficient (Wildman–Crippen LogP) is 1.52. The molecule has 0 radical (unpaired) electrons.